The predicted octanol–water partition coefficient (Wildman–Crippen LogP) is 6.85. The number of thioether (sulfide) groups is 1. The summed E-state index contributed by atoms with van der Waals surface area (Å²) in [6.45, 7) is 3.62. The molecule has 2 fully saturated rings. The molecule has 2 saturated heterocycles. The minimum absolute atomic E-state index is 0.00468. The first-order chi connectivity index (χ1) is 19.7. The molecule has 2 aliphatic rings. The number of carbonyl (C=O) groups is 2. The van der Waals surface area contributed by atoms with E-state index in [1.807, 2.05) is 65.4 Å². The minimum Gasteiger partial charge on any atom is -0.361 e. The lowest BCUT2D eigenvalue weighted by Gasteiger charge is -2.41. The third kappa shape index (κ3) is 5.55. The molecule has 0 bridgehead atoms. The van der Waals surface area contributed by atoms with Gasteiger partial charge in [0.25, 0.3) is 0 Å². The van der Waals surface area contributed by atoms with Crippen LogP contribution in [0.15, 0.2) is 82.3 Å². The molecule has 2 atom stereocenters. The lowest BCUT2D eigenvalue weighted by atomic mass is 9.89. The van der Waals surface area contributed by atoms with Crippen molar-refractivity contribution in [3.63, 3.8) is 0 Å². The Kier molecular flexibility index (Phi) is 7.94. The van der Waals surface area contributed by atoms with Crippen LogP contribution in [-0.2, 0) is 16.1 Å². The largest absolute Gasteiger partial charge is 0.361 e. The van der Waals surface area contributed by atoms with Crippen LogP contribution in [0, 0.1) is 6.92 Å². The molecule has 0 radical (unpaired) electrons. The molecule has 0 aliphatic carbocycles. The van der Waals surface area contributed by atoms with Gasteiger partial charge in [0.05, 0.1) is 12.5 Å². The van der Waals surface area contributed by atoms with Gasteiger partial charge in [0, 0.05) is 62.7 Å². The molecule has 212 valence electrons. The van der Waals surface area contributed by atoms with Gasteiger partial charge in [0.15, 0.2) is 0 Å². The molecule has 2 aliphatic heterocycles. The molecule has 3 aromatic carbocycles. The van der Waals surface area contributed by atoms with Gasteiger partial charge in [-0.2, -0.15) is 0 Å². The van der Waals surface area contributed by atoms with E-state index in [1.54, 1.807) is 0 Å². The number of likely N-dealkylation sites (tertiary alicyclic amines) is 2. The van der Waals surface area contributed by atoms with Crippen molar-refractivity contribution in [2.45, 2.75) is 54.5 Å². The molecule has 2 amide bonds. The number of H-pyrrole nitrogens is 1. The third-order valence-corrected chi connectivity index (χ3v) is 10.4. The summed E-state index contributed by atoms with van der Waals surface area (Å²) in [6, 6.07) is 21.5. The highest BCUT2D eigenvalue weighted by Crippen LogP contribution is 2.55. The topological polar surface area (TPSA) is 82.4 Å². The SMILES string of the molecule is Cc1ccc(S[C@@]2(C(=O)N3CCC(N)CC3)CC(=O)N(Cc3ccc(Br)cc3)[C@H]2c2c[nH]c3cc(Cl)ccc23)cc1. The van der Waals surface area contributed by atoms with Crippen LogP contribution in [0.1, 0.15) is 42.0 Å². The Hall–Kier alpha value is -2.78. The van der Waals surface area contributed by atoms with Gasteiger partial charge in [-0.15, -0.1) is 11.8 Å². The number of benzene rings is 3. The van der Waals surface area contributed by atoms with E-state index in [0.29, 0.717) is 24.7 Å². The standard InChI is InChI=1S/C32H32BrClN4O2S/c1-20-2-9-25(10-3-20)41-32(31(40)37-14-12-24(35)13-15-37)17-29(39)38(19-21-4-6-22(33)7-5-21)30(32)27-18-36-28-16-23(34)8-11-26(27)28/h2-11,16,18,24,30,36H,12-15,17,19,35H2,1H3/t30-,32-/m0/s1. The fourth-order valence-corrected chi connectivity index (χ4v) is 7.97. The van der Waals surface area contributed by atoms with Gasteiger partial charge in [0.1, 0.15) is 4.75 Å². The van der Waals surface area contributed by atoms with Gasteiger partial charge in [-0.3, -0.25) is 9.59 Å². The number of aryl methyl sites for hydroxylation is 1. The van der Waals surface area contributed by atoms with Gasteiger partial charge >= 0.3 is 0 Å². The van der Waals surface area contributed by atoms with Crippen LogP contribution in [0.2, 0.25) is 5.02 Å². The fraction of sp³-hybridized carbons (Fsp3) is 0.312. The Morgan fingerprint density at radius 1 is 1.10 bits per heavy atom. The van der Waals surface area contributed by atoms with Crippen molar-refractivity contribution in [3.8, 4) is 0 Å². The molecule has 3 heterocycles. The van der Waals surface area contributed by atoms with E-state index < -0.39 is 10.8 Å². The number of halogens is 2. The van der Waals surface area contributed by atoms with Crippen LogP contribution >= 0.6 is 39.3 Å². The lowest BCUT2D eigenvalue weighted by Crippen LogP contribution is -2.53. The Morgan fingerprint density at radius 3 is 2.51 bits per heavy atom. The molecule has 6 rings (SSSR count). The van der Waals surface area contributed by atoms with Crippen LogP contribution < -0.4 is 5.73 Å². The predicted molar refractivity (Wildman–Crippen MR) is 169 cm³/mol. The summed E-state index contributed by atoms with van der Waals surface area (Å²) in [7, 11) is 0. The van der Waals surface area contributed by atoms with E-state index in [4.69, 9.17) is 17.3 Å². The molecular weight excluding hydrogens is 620 g/mol. The molecule has 9 heteroatoms. The van der Waals surface area contributed by atoms with E-state index in [-0.39, 0.29) is 24.3 Å². The van der Waals surface area contributed by atoms with Crippen molar-refractivity contribution < 1.29 is 9.59 Å². The van der Waals surface area contributed by atoms with Gasteiger partial charge in [0.2, 0.25) is 11.8 Å². The average Bonchev–Trinajstić information content (AvgIpc) is 3.48. The second-order valence-corrected chi connectivity index (χ2v) is 13.9. The summed E-state index contributed by atoms with van der Waals surface area (Å²) in [5.74, 6) is -0.0437. The normalized spacial score (nSPS) is 21.7. The summed E-state index contributed by atoms with van der Waals surface area (Å²) in [4.78, 5) is 37.1. The maximum Gasteiger partial charge on any atom is 0.242 e. The van der Waals surface area contributed by atoms with Crippen LogP contribution in [-0.4, -0.2) is 50.5 Å². The zero-order valence-electron chi connectivity index (χ0n) is 22.8. The monoisotopic (exact) mass is 650 g/mol. The van der Waals surface area contributed by atoms with E-state index >= 15 is 0 Å². The van der Waals surface area contributed by atoms with E-state index in [2.05, 4.69) is 45.2 Å². The molecular formula is C32H32BrClN4O2S. The first-order valence-corrected chi connectivity index (χ1v) is 15.8. The molecule has 1 aromatic heterocycles. The Bertz CT molecular complexity index is 1580. The number of nitrogens with one attached hydrogen (secondary N) is 1. The molecule has 6 nitrogen and oxygen atoms in total. The van der Waals surface area contributed by atoms with Gasteiger partial charge in [-0.25, -0.2) is 0 Å². The van der Waals surface area contributed by atoms with Crippen LogP contribution in [0.25, 0.3) is 10.9 Å². The van der Waals surface area contributed by atoms with Gasteiger partial charge in [-0.1, -0.05) is 63.4 Å². The number of hydrogen-bond donors (Lipinski definition) is 2. The van der Waals surface area contributed by atoms with Gasteiger partial charge < -0.3 is 20.5 Å². The minimum atomic E-state index is -1.07. The van der Waals surface area contributed by atoms with E-state index in [1.165, 1.54) is 11.8 Å². The molecule has 4 aromatic rings. The molecule has 0 saturated carbocycles. The van der Waals surface area contributed by atoms with Crippen LogP contribution in [0.5, 0.6) is 0 Å². The van der Waals surface area contributed by atoms with E-state index in [9.17, 15) is 9.59 Å². The van der Waals surface area contributed by atoms with E-state index in [0.717, 1.165) is 49.8 Å². The summed E-state index contributed by atoms with van der Waals surface area (Å²) in [5, 5.41) is 1.58. The number of carbonyl (C=O) groups excluding carboxylic acids is 2. The number of piperidine rings is 1. The number of rotatable bonds is 6. The Labute approximate surface area is 257 Å². The number of amides is 2. The number of aromatic amines is 1. The summed E-state index contributed by atoms with van der Waals surface area (Å²) < 4.78 is -0.0976. The summed E-state index contributed by atoms with van der Waals surface area (Å²) in [6.07, 6.45) is 3.56. The quantitative estimate of drug-likeness (QED) is 0.239. The highest BCUT2D eigenvalue weighted by atomic mass is 79.9. The van der Waals surface area contributed by atoms with Crippen LogP contribution in [0.4, 0.5) is 0 Å². The zero-order valence-corrected chi connectivity index (χ0v) is 25.9. The number of hydrogen-bond acceptors (Lipinski definition) is 4. The number of aromatic nitrogens is 1. The lowest BCUT2D eigenvalue weighted by molar-refractivity contribution is -0.135. The molecule has 41 heavy (non-hydrogen) atoms. The smallest absolute Gasteiger partial charge is 0.242 e. The number of nitrogens with two attached hydrogens (primary N) is 1. The van der Waals surface area contributed by atoms with Crippen molar-refractivity contribution in [1.29, 1.82) is 0 Å². The van der Waals surface area contributed by atoms with Crippen molar-refractivity contribution >= 4 is 62.0 Å². The fourth-order valence-electron chi connectivity index (χ4n) is 6.07. The highest BCUT2D eigenvalue weighted by Gasteiger charge is 2.59. The first-order valence-electron chi connectivity index (χ1n) is 13.8. The van der Waals surface area contributed by atoms with Crippen molar-refractivity contribution in [2.75, 3.05) is 13.1 Å². The number of fused-ring (bicyclic) bond motifs is 1. The maximum atomic E-state index is 14.8. The van der Waals surface area contributed by atoms with Crippen molar-refractivity contribution in [3.05, 3.63) is 99.1 Å². The van der Waals surface area contributed by atoms with Crippen LogP contribution in [0.3, 0.4) is 0 Å². The zero-order chi connectivity index (χ0) is 28.7. The third-order valence-electron chi connectivity index (χ3n) is 8.23. The van der Waals surface area contributed by atoms with Crippen molar-refractivity contribution in [1.82, 2.24) is 14.8 Å². The molecule has 0 unspecified atom stereocenters. The Balaban J connectivity index is 1.52. The van der Waals surface area contributed by atoms with Gasteiger partial charge in [-0.05, 0) is 61.7 Å². The summed E-state index contributed by atoms with van der Waals surface area (Å²) in [5.41, 5.74) is 10.2. The second kappa shape index (κ2) is 11.5. The number of nitrogens with zero attached hydrogens (tertiary/aromatic N) is 2. The van der Waals surface area contributed by atoms with Crippen molar-refractivity contribution in [2.24, 2.45) is 5.73 Å². The molecule has 3 N–H and O–H groups in total. The maximum absolute atomic E-state index is 14.8. The first kappa shape index (κ1) is 28.3. The Morgan fingerprint density at radius 2 is 1.80 bits per heavy atom. The second-order valence-electron chi connectivity index (χ2n) is 11.1. The summed E-state index contributed by atoms with van der Waals surface area (Å²) >= 11 is 11.4. The highest BCUT2D eigenvalue weighted by molar-refractivity contribution is 9.10. The average molecular weight is 652 g/mol. The molecule has 0 spiro atoms.